The number of benzene rings is 3. The summed E-state index contributed by atoms with van der Waals surface area (Å²) in [7, 11) is 0. The van der Waals surface area contributed by atoms with Crippen LogP contribution in [0, 0.1) is 0 Å². The first-order valence-electron chi connectivity index (χ1n) is 10.7. The smallest absolute Gasteiger partial charge is 0.262 e. The van der Waals surface area contributed by atoms with Gasteiger partial charge in [-0.25, -0.2) is 0 Å². The van der Waals surface area contributed by atoms with Crippen molar-refractivity contribution in [1.29, 1.82) is 0 Å². The van der Waals surface area contributed by atoms with Crippen LogP contribution in [0.4, 0.5) is 5.69 Å². The number of hydrogen-bond donors (Lipinski definition) is 2. The second-order valence-corrected chi connectivity index (χ2v) is 8.67. The summed E-state index contributed by atoms with van der Waals surface area (Å²) in [6.07, 6.45) is 2.33. The number of anilines is 1. The normalized spacial score (nSPS) is 13.0. The van der Waals surface area contributed by atoms with Crippen molar-refractivity contribution in [2.24, 2.45) is 0 Å². The summed E-state index contributed by atoms with van der Waals surface area (Å²) in [6, 6.07) is 23.6. The number of allylic oxidation sites excluding steroid dienone is 3. The highest BCUT2D eigenvalue weighted by atomic mass is 32.2. The van der Waals surface area contributed by atoms with Gasteiger partial charge in [0.05, 0.1) is 10.6 Å². The summed E-state index contributed by atoms with van der Waals surface area (Å²) in [4.78, 5) is 38.1. The average Bonchev–Trinajstić information content (AvgIpc) is 2.86. The maximum Gasteiger partial charge on any atom is 0.262 e. The van der Waals surface area contributed by atoms with E-state index in [2.05, 4.69) is 5.32 Å². The fraction of sp³-hybridized carbons (Fsp3) is 0.0741. The predicted octanol–water partition coefficient (Wildman–Crippen LogP) is 4.05. The Balaban J connectivity index is 1.25. The first kappa shape index (κ1) is 23.8. The van der Waals surface area contributed by atoms with Crippen molar-refractivity contribution in [3.63, 3.8) is 0 Å². The molecule has 0 spiro atoms. The van der Waals surface area contributed by atoms with Crippen molar-refractivity contribution < 1.29 is 23.9 Å². The van der Waals surface area contributed by atoms with E-state index >= 15 is 0 Å². The molecule has 1 aliphatic carbocycles. The molecule has 1 amide bonds. The number of thioether (sulfide) groups is 1. The zero-order chi connectivity index (χ0) is 24.6. The van der Waals surface area contributed by atoms with Crippen LogP contribution in [0.2, 0.25) is 0 Å². The molecule has 35 heavy (non-hydrogen) atoms. The van der Waals surface area contributed by atoms with Gasteiger partial charge < -0.3 is 20.5 Å². The van der Waals surface area contributed by atoms with Crippen LogP contribution < -0.4 is 20.5 Å². The molecular formula is C27H22N2O5S. The Morgan fingerprint density at radius 1 is 0.829 bits per heavy atom. The minimum absolute atomic E-state index is 0.0924. The lowest BCUT2D eigenvalue weighted by Gasteiger charge is -2.14. The van der Waals surface area contributed by atoms with E-state index < -0.39 is 11.7 Å². The minimum atomic E-state index is -0.554. The third-order valence-corrected chi connectivity index (χ3v) is 5.88. The number of ketones is 2. The maximum atomic E-state index is 12.4. The molecule has 0 saturated heterocycles. The zero-order valence-electron chi connectivity index (χ0n) is 18.6. The van der Waals surface area contributed by atoms with Crippen molar-refractivity contribution in [2.75, 3.05) is 12.3 Å². The first-order chi connectivity index (χ1) is 17.0. The number of ether oxygens (including phenoxy) is 2. The van der Waals surface area contributed by atoms with Crippen LogP contribution in [-0.4, -0.2) is 24.1 Å². The van der Waals surface area contributed by atoms with E-state index in [-0.39, 0.29) is 23.0 Å². The molecular weight excluding hydrogens is 464 g/mol. The number of carbonyl (C=O) groups excluding carboxylic acids is 3. The van der Waals surface area contributed by atoms with Gasteiger partial charge in [0.15, 0.2) is 12.4 Å². The molecule has 0 unspecified atom stereocenters. The molecule has 4 rings (SSSR count). The lowest BCUT2D eigenvalue weighted by Crippen LogP contribution is -2.33. The lowest BCUT2D eigenvalue weighted by molar-refractivity contribution is -0.124. The van der Waals surface area contributed by atoms with E-state index in [1.54, 1.807) is 48.5 Å². The van der Waals surface area contributed by atoms with Gasteiger partial charge in [0.2, 0.25) is 5.78 Å². The van der Waals surface area contributed by atoms with Crippen molar-refractivity contribution >= 4 is 34.9 Å². The lowest BCUT2D eigenvalue weighted by atomic mass is 10.1. The molecule has 7 nitrogen and oxygen atoms in total. The van der Waals surface area contributed by atoms with Crippen LogP contribution in [-0.2, 0) is 21.0 Å². The van der Waals surface area contributed by atoms with Crippen LogP contribution in [0.25, 0.3) is 0 Å². The molecule has 3 aromatic rings. The summed E-state index contributed by atoms with van der Waals surface area (Å²) in [5, 5.41) is 2.44. The van der Waals surface area contributed by atoms with Crippen LogP contribution in [0.5, 0.6) is 11.5 Å². The van der Waals surface area contributed by atoms with E-state index in [1.165, 1.54) is 6.08 Å². The van der Waals surface area contributed by atoms with E-state index in [0.29, 0.717) is 23.8 Å². The van der Waals surface area contributed by atoms with Gasteiger partial charge in [-0.1, -0.05) is 48.2 Å². The second kappa shape index (κ2) is 11.2. The summed E-state index contributed by atoms with van der Waals surface area (Å²) >= 11 is 1.14. The summed E-state index contributed by atoms with van der Waals surface area (Å²) in [5.74, 6) is -0.264. The monoisotopic (exact) mass is 486 g/mol. The Morgan fingerprint density at radius 2 is 1.54 bits per heavy atom. The van der Waals surface area contributed by atoms with Gasteiger partial charge in [0.1, 0.15) is 18.1 Å². The zero-order valence-corrected chi connectivity index (χ0v) is 19.4. The number of amides is 1. The Kier molecular flexibility index (Phi) is 7.64. The number of hydrogen-bond acceptors (Lipinski definition) is 7. The average molecular weight is 487 g/mol. The van der Waals surface area contributed by atoms with Crippen molar-refractivity contribution in [3.05, 3.63) is 107 Å². The Morgan fingerprint density at radius 3 is 2.26 bits per heavy atom. The van der Waals surface area contributed by atoms with E-state index in [1.807, 2.05) is 30.3 Å². The Hall–Kier alpha value is -4.30. The van der Waals surface area contributed by atoms with Gasteiger partial charge in [-0.2, -0.15) is 0 Å². The number of nitrogen functional groups attached to an aromatic ring is 1. The Labute approximate surface area is 206 Å². The molecule has 3 aromatic carbocycles. The second-order valence-electron chi connectivity index (χ2n) is 7.55. The summed E-state index contributed by atoms with van der Waals surface area (Å²) in [6.45, 7) is 0.122. The van der Waals surface area contributed by atoms with Gasteiger partial charge in [0.25, 0.3) is 5.91 Å². The third-order valence-electron chi connectivity index (χ3n) is 4.85. The molecule has 0 saturated carbocycles. The molecule has 3 N–H and O–H groups in total. The molecule has 1 aliphatic rings. The number of carbonyl (C=O) groups is 3. The van der Waals surface area contributed by atoms with Crippen molar-refractivity contribution in [2.45, 2.75) is 11.5 Å². The fourth-order valence-electron chi connectivity index (χ4n) is 3.13. The number of nitrogens with two attached hydrogens (primary N) is 1. The molecule has 8 heteroatoms. The van der Waals surface area contributed by atoms with E-state index in [0.717, 1.165) is 28.3 Å². The summed E-state index contributed by atoms with van der Waals surface area (Å²) in [5.41, 5.74) is 7.28. The molecule has 0 fully saturated rings. The molecule has 0 aromatic heterocycles. The molecule has 0 aliphatic heterocycles. The van der Waals surface area contributed by atoms with Gasteiger partial charge in [0, 0.05) is 22.7 Å². The van der Waals surface area contributed by atoms with Crippen molar-refractivity contribution in [3.8, 4) is 11.5 Å². The molecule has 0 radical (unpaired) electrons. The molecule has 0 atom stereocenters. The van der Waals surface area contributed by atoms with Crippen molar-refractivity contribution in [1.82, 2.24) is 5.32 Å². The quantitative estimate of drug-likeness (QED) is 0.347. The standard InChI is InChI=1S/C27H22N2O5S/c28-19-7-4-8-22(13-19)35-26-15-24(30)23(14-25(26)31)29-27(32)17-34-21-11-9-20(10-12-21)33-16-18-5-2-1-3-6-18/h1-15H,16-17,28H2,(H,29,32). The molecule has 0 heterocycles. The van der Waals surface area contributed by atoms with Crippen LogP contribution in [0.3, 0.4) is 0 Å². The van der Waals surface area contributed by atoms with Crippen LogP contribution >= 0.6 is 11.8 Å². The predicted molar refractivity (Wildman–Crippen MR) is 134 cm³/mol. The van der Waals surface area contributed by atoms with Gasteiger partial charge in [-0.3, -0.25) is 14.4 Å². The fourth-order valence-corrected chi connectivity index (χ4v) is 4.05. The molecule has 176 valence electrons. The highest BCUT2D eigenvalue weighted by molar-refractivity contribution is 8.04. The van der Waals surface area contributed by atoms with Gasteiger partial charge in [-0.15, -0.1) is 0 Å². The largest absolute Gasteiger partial charge is 0.489 e. The van der Waals surface area contributed by atoms with Gasteiger partial charge in [-0.05, 0) is 48.0 Å². The van der Waals surface area contributed by atoms with E-state index in [9.17, 15) is 14.4 Å². The highest BCUT2D eigenvalue weighted by Gasteiger charge is 2.22. The van der Waals surface area contributed by atoms with Crippen LogP contribution in [0.15, 0.2) is 107 Å². The first-order valence-corrected chi connectivity index (χ1v) is 11.5. The third kappa shape index (κ3) is 6.84. The highest BCUT2D eigenvalue weighted by Crippen LogP contribution is 2.30. The number of rotatable bonds is 9. The number of nitrogens with one attached hydrogen (secondary N) is 1. The van der Waals surface area contributed by atoms with Crippen LogP contribution in [0.1, 0.15) is 5.56 Å². The van der Waals surface area contributed by atoms with Gasteiger partial charge >= 0.3 is 0 Å². The SMILES string of the molecule is Nc1cccc(SC2=CC(=O)C(NC(=O)COc3ccc(OCc4ccccc4)cc3)=CC2=O)c1. The topological polar surface area (TPSA) is 108 Å². The molecule has 0 bridgehead atoms. The summed E-state index contributed by atoms with van der Waals surface area (Å²) < 4.78 is 11.2. The maximum absolute atomic E-state index is 12.4. The van der Waals surface area contributed by atoms with E-state index in [4.69, 9.17) is 15.2 Å². The minimum Gasteiger partial charge on any atom is -0.489 e. The Bertz CT molecular complexity index is 1300.